The summed E-state index contributed by atoms with van der Waals surface area (Å²) in [6.07, 6.45) is 0. The van der Waals surface area contributed by atoms with E-state index in [1.165, 1.54) is 28.0 Å². The standard InChI is InChI=1S/C22H17ClFN3O2S2/c1-12-3-4-14(23)10-17(12)25-19(28)11-31-22-26-16-7-8-30-20(16)21(29)27(22)18-6-5-15(24)9-13(18)2/h3-10H,11H2,1-2H3,(H,25,28). The monoisotopic (exact) mass is 473 g/mol. The van der Waals surface area contributed by atoms with Crippen molar-refractivity contribution in [2.45, 2.75) is 19.0 Å². The Hall–Kier alpha value is -2.68. The van der Waals surface area contributed by atoms with Crippen molar-refractivity contribution in [3.63, 3.8) is 0 Å². The van der Waals surface area contributed by atoms with Crippen LogP contribution in [-0.4, -0.2) is 21.2 Å². The van der Waals surface area contributed by atoms with Crippen LogP contribution in [0.2, 0.25) is 5.02 Å². The van der Waals surface area contributed by atoms with Gasteiger partial charge in [0.2, 0.25) is 5.91 Å². The van der Waals surface area contributed by atoms with Gasteiger partial charge in [-0.05, 0) is 66.8 Å². The zero-order valence-electron chi connectivity index (χ0n) is 16.6. The molecule has 4 rings (SSSR count). The maximum Gasteiger partial charge on any atom is 0.276 e. The summed E-state index contributed by atoms with van der Waals surface area (Å²) in [6, 6.07) is 11.2. The van der Waals surface area contributed by atoms with E-state index >= 15 is 0 Å². The molecule has 4 aromatic rings. The molecule has 0 aliphatic carbocycles. The number of thioether (sulfide) groups is 1. The van der Waals surface area contributed by atoms with Gasteiger partial charge in [-0.2, -0.15) is 0 Å². The normalized spacial score (nSPS) is 11.1. The first-order chi connectivity index (χ1) is 14.8. The minimum absolute atomic E-state index is 0.0360. The van der Waals surface area contributed by atoms with Gasteiger partial charge >= 0.3 is 0 Å². The van der Waals surface area contributed by atoms with Crippen LogP contribution in [0, 0.1) is 19.7 Å². The Morgan fingerprint density at radius 3 is 2.77 bits per heavy atom. The second-order valence-corrected chi connectivity index (χ2v) is 9.19. The SMILES string of the molecule is Cc1ccc(Cl)cc1NC(=O)CSc1nc2ccsc2c(=O)n1-c1ccc(F)cc1C. The number of nitrogens with one attached hydrogen (secondary N) is 1. The molecule has 0 unspecified atom stereocenters. The van der Waals surface area contributed by atoms with Gasteiger partial charge in [0.25, 0.3) is 5.56 Å². The molecule has 2 aromatic carbocycles. The molecule has 0 aliphatic rings. The summed E-state index contributed by atoms with van der Waals surface area (Å²) >= 11 is 8.46. The van der Waals surface area contributed by atoms with E-state index in [0.717, 1.165) is 17.3 Å². The van der Waals surface area contributed by atoms with Gasteiger partial charge in [-0.15, -0.1) is 11.3 Å². The van der Waals surface area contributed by atoms with E-state index in [-0.39, 0.29) is 23.0 Å². The van der Waals surface area contributed by atoms with Gasteiger partial charge in [0.05, 0.1) is 17.0 Å². The number of anilines is 1. The molecule has 2 aromatic heterocycles. The number of nitrogens with zero attached hydrogens (tertiary/aromatic N) is 2. The number of hydrogen-bond acceptors (Lipinski definition) is 5. The molecule has 0 saturated heterocycles. The molecule has 31 heavy (non-hydrogen) atoms. The molecule has 0 aliphatic heterocycles. The number of aryl methyl sites for hydroxylation is 2. The van der Waals surface area contributed by atoms with Gasteiger partial charge in [-0.25, -0.2) is 9.37 Å². The van der Waals surface area contributed by atoms with E-state index in [1.807, 2.05) is 13.0 Å². The van der Waals surface area contributed by atoms with Crippen molar-refractivity contribution in [2.75, 3.05) is 11.1 Å². The molecule has 158 valence electrons. The second-order valence-electron chi connectivity index (χ2n) is 6.90. The van der Waals surface area contributed by atoms with Crippen LogP contribution in [0.15, 0.2) is 57.8 Å². The van der Waals surface area contributed by atoms with Crippen molar-refractivity contribution in [3.05, 3.63) is 80.2 Å². The molecule has 2 heterocycles. The number of hydrogen-bond donors (Lipinski definition) is 1. The Bertz CT molecular complexity index is 1370. The summed E-state index contributed by atoms with van der Waals surface area (Å²) in [5.41, 5.74) is 2.97. The van der Waals surface area contributed by atoms with Crippen LogP contribution in [0.5, 0.6) is 0 Å². The molecule has 0 bridgehead atoms. The average Bonchev–Trinajstić information content (AvgIpc) is 3.19. The van der Waals surface area contributed by atoms with E-state index in [9.17, 15) is 14.0 Å². The van der Waals surface area contributed by atoms with Crippen LogP contribution in [-0.2, 0) is 4.79 Å². The third-order valence-corrected chi connectivity index (χ3v) is 6.72. The number of rotatable bonds is 5. The number of thiophene rings is 1. The third-order valence-electron chi connectivity index (χ3n) is 4.65. The fourth-order valence-corrected chi connectivity index (χ4v) is 4.85. The maximum atomic E-state index is 13.6. The predicted molar refractivity (Wildman–Crippen MR) is 125 cm³/mol. The van der Waals surface area contributed by atoms with Gasteiger partial charge in [0, 0.05) is 10.7 Å². The highest BCUT2D eigenvalue weighted by Crippen LogP contribution is 2.26. The van der Waals surface area contributed by atoms with E-state index in [2.05, 4.69) is 10.3 Å². The summed E-state index contributed by atoms with van der Waals surface area (Å²) < 4.78 is 15.6. The number of benzene rings is 2. The van der Waals surface area contributed by atoms with Crippen molar-refractivity contribution >= 4 is 56.5 Å². The lowest BCUT2D eigenvalue weighted by Gasteiger charge is -2.14. The molecular weight excluding hydrogens is 457 g/mol. The fraction of sp³-hybridized carbons (Fsp3) is 0.136. The number of fused-ring (bicyclic) bond motifs is 1. The minimum atomic E-state index is -0.384. The van der Waals surface area contributed by atoms with Crippen LogP contribution < -0.4 is 10.9 Å². The smallest absolute Gasteiger partial charge is 0.276 e. The highest BCUT2D eigenvalue weighted by atomic mass is 35.5. The molecule has 1 N–H and O–H groups in total. The first-order valence-electron chi connectivity index (χ1n) is 9.29. The van der Waals surface area contributed by atoms with Crippen LogP contribution in [0.1, 0.15) is 11.1 Å². The molecule has 0 saturated carbocycles. The number of aromatic nitrogens is 2. The van der Waals surface area contributed by atoms with E-state index in [1.54, 1.807) is 36.6 Å². The highest BCUT2D eigenvalue weighted by Gasteiger charge is 2.17. The van der Waals surface area contributed by atoms with Crippen molar-refractivity contribution < 1.29 is 9.18 Å². The summed E-state index contributed by atoms with van der Waals surface area (Å²) in [5.74, 6) is -0.601. The lowest BCUT2D eigenvalue weighted by Crippen LogP contribution is -2.23. The quantitative estimate of drug-likeness (QED) is 0.303. The zero-order chi connectivity index (χ0) is 22.1. The Balaban J connectivity index is 1.67. The highest BCUT2D eigenvalue weighted by molar-refractivity contribution is 7.99. The van der Waals surface area contributed by atoms with Gasteiger partial charge in [0.1, 0.15) is 10.5 Å². The summed E-state index contributed by atoms with van der Waals surface area (Å²) in [4.78, 5) is 30.3. The second kappa shape index (κ2) is 8.82. The van der Waals surface area contributed by atoms with Crippen LogP contribution >= 0.6 is 34.7 Å². The topological polar surface area (TPSA) is 64.0 Å². The van der Waals surface area contributed by atoms with E-state index in [0.29, 0.717) is 37.3 Å². The Kier molecular flexibility index (Phi) is 6.13. The van der Waals surface area contributed by atoms with Gasteiger partial charge < -0.3 is 5.32 Å². The van der Waals surface area contributed by atoms with Gasteiger partial charge in [-0.1, -0.05) is 29.4 Å². The first-order valence-corrected chi connectivity index (χ1v) is 11.5. The van der Waals surface area contributed by atoms with Crippen molar-refractivity contribution in [3.8, 4) is 5.69 Å². The molecule has 0 fully saturated rings. The summed E-state index contributed by atoms with van der Waals surface area (Å²) in [5, 5.41) is 5.53. The molecule has 0 spiro atoms. The average molecular weight is 474 g/mol. The number of amides is 1. The van der Waals surface area contributed by atoms with Gasteiger partial charge in [0.15, 0.2) is 5.16 Å². The Morgan fingerprint density at radius 1 is 1.19 bits per heavy atom. The number of halogens is 2. The first kappa shape index (κ1) is 21.5. The van der Waals surface area contributed by atoms with Crippen molar-refractivity contribution in [2.24, 2.45) is 0 Å². The summed E-state index contributed by atoms with van der Waals surface area (Å²) in [7, 11) is 0. The van der Waals surface area contributed by atoms with Crippen LogP contribution in [0.3, 0.4) is 0 Å². The Labute approximate surface area is 190 Å². The fourth-order valence-electron chi connectivity index (χ4n) is 3.12. The summed E-state index contributed by atoms with van der Waals surface area (Å²) in [6.45, 7) is 3.60. The molecule has 5 nitrogen and oxygen atoms in total. The zero-order valence-corrected chi connectivity index (χ0v) is 19.0. The lowest BCUT2D eigenvalue weighted by atomic mass is 10.2. The van der Waals surface area contributed by atoms with E-state index in [4.69, 9.17) is 11.6 Å². The number of carbonyl (C=O) groups is 1. The van der Waals surface area contributed by atoms with Gasteiger partial charge in [-0.3, -0.25) is 14.2 Å². The molecule has 0 radical (unpaired) electrons. The largest absolute Gasteiger partial charge is 0.325 e. The maximum absolute atomic E-state index is 13.6. The lowest BCUT2D eigenvalue weighted by molar-refractivity contribution is -0.113. The third kappa shape index (κ3) is 4.51. The van der Waals surface area contributed by atoms with E-state index < -0.39 is 0 Å². The van der Waals surface area contributed by atoms with Crippen LogP contribution in [0.25, 0.3) is 15.9 Å². The minimum Gasteiger partial charge on any atom is -0.325 e. The molecule has 1 amide bonds. The predicted octanol–water partition coefficient (Wildman–Crippen LogP) is 5.59. The molecular formula is C22H17ClFN3O2S2. The van der Waals surface area contributed by atoms with Crippen molar-refractivity contribution in [1.82, 2.24) is 9.55 Å². The van der Waals surface area contributed by atoms with Crippen LogP contribution in [0.4, 0.5) is 10.1 Å². The molecule has 0 atom stereocenters. The number of carbonyl (C=O) groups excluding carboxylic acids is 1. The Morgan fingerprint density at radius 2 is 2.00 bits per heavy atom. The van der Waals surface area contributed by atoms with Crippen molar-refractivity contribution in [1.29, 1.82) is 0 Å². The molecule has 9 heteroatoms.